The predicted octanol–water partition coefficient (Wildman–Crippen LogP) is 5.98. The molecule has 0 radical (unpaired) electrons. The first-order valence-corrected chi connectivity index (χ1v) is 11.0. The maximum atomic E-state index is 13.4. The lowest BCUT2D eigenvalue weighted by Crippen LogP contribution is -2.27. The molecular formula is C24H18BrClN4O. The highest BCUT2D eigenvalue weighted by Gasteiger charge is 2.35. The quantitative estimate of drug-likeness (QED) is 0.352. The van der Waals surface area contributed by atoms with Crippen LogP contribution in [0.2, 0.25) is 5.02 Å². The number of nitrogens with zero attached hydrogens (tertiary/aromatic N) is 4. The van der Waals surface area contributed by atoms with Gasteiger partial charge in [-0.05, 0) is 48.0 Å². The highest BCUT2D eigenvalue weighted by molar-refractivity contribution is 9.10. The summed E-state index contributed by atoms with van der Waals surface area (Å²) in [7, 11) is 2.02. The monoisotopic (exact) mass is 492 g/mol. The fourth-order valence-corrected chi connectivity index (χ4v) is 4.53. The molecule has 0 bridgehead atoms. The summed E-state index contributed by atoms with van der Waals surface area (Å²) in [5.41, 5.74) is 4.48. The van der Waals surface area contributed by atoms with Crippen LogP contribution in [0.25, 0.3) is 10.9 Å². The van der Waals surface area contributed by atoms with Gasteiger partial charge in [-0.25, -0.2) is 5.01 Å². The number of carbonyl (C=O) groups is 1. The van der Waals surface area contributed by atoms with E-state index in [0.29, 0.717) is 17.0 Å². The van der Waals surface area contributed by atoms with Crippen LogP contribution in [0.1, 0.15) is 33.9 Å². The van der Waals surface area contributed by atoms with Gasteiger partial charge in [0.15, 0.2) is 0 Å². The van der Waals surface area contributed by atoms with Crippen LogP contribution in [0, 0.1) is 0 Å². The van der Waals surface area contributed by atoms with Crippen molar-refractivity contribution in [3.63, 3.8) is 0 Å². The van der Waals surface area contributed by atoms with Gasteiger partial charge in [-0.15, -0.1) is 0 Å². The number of aromatic nitrogens is 2. The van der Waals surface area contributed by atoms with Crippen molar-refractivity contribution >= 4 is 50.1 Å². The van der Waals surface area contributed by atoms with Gasteiger partial charge in [0.05, 0.1) is 17.3 Å². The number of benzene rings is 2. The molecule has 0 saturated carbocycles. The summed E-state index contributed by atoms with van der Waals surface area (Å²) in [6.45, 7) is 0. The average molecular weight is 494 g/mol. The third-order valence-corrected chi connectivity index (χ3v) is 6.29. The van der Waals surface area contributed by atoms with E-state index in [2.05, 4.69) is 43.8 Å². The van der Waals surface area contributed by atoms with E-state index in [1.54, 1.807) is 29.5 Å². The van der Waals surface area contributed by atoms with Crippen LogP contribution in [0.5, 0.6) is 0 Å². The Hall–Kier alpha value is -2.96. The van der Waals surface area contributed by atoms with Crippen LogP contribution >= 0.6 is 27.5 Å². The van der Waals surface area contributed by atoms with Crippen molar-refractivity contribution in [3.05, 3.63) is 99.4 Å². The fourth-order valence-electron chi connectivity index (χ4n) is 4.04. The number of fused-ring (bicyclic) bond motifs is 1. The van der Waals surface area contributed by atoms with Gasteiger partial charge in [0.2, 0.25) is 0 Å². The molecule has 0 fully saturated rings. The first-order valence-electron chi connectivity index (χ1n) is 9.83. The van der Waals surface area contributed by atoms with E-state index < -0.39 is 0 Å². The van der Waals surface area contributed by atoms with E-state index >= 15 is 0 Å². The topological polar surface area (TPSA) is 50.5 Å². The van der Waals surface area contributed by atoms with Gasteiger partial charge in [0, 0.05) is 58.0 Å². The van der Waals surface area contributed by atoms with Crippen LogP contribution in [-0.2, 0) is 7.05 Å². The minimum absolute atomic E-state index is 0.172. The standard InChI is InChI=1S/C24H18BrClN4O/c1-29-14-20(19-11-17(25)6-9-22(19)29)23-12-21(15-4-7-18(26)8-5-15)28-30(23)24(31)16-3-2-10-27-13-16/h2-11,13-14,23H,12H2,1H3. The van der Waals surface area contributed by atoms with Crippen molar-refractivity contribution in [1.29, 1.82) is 0 Å². The van der Waals surface area contributed by atoms with Gasteiger partial charge >= 0.3 is 0 Å². The summed E-state index contributed by atoms with van der Waals surface area (Å²) in [5.74, 6) is -0.172. The fraction of sp³-hybridized carbons (Fsp3) is 0.125. The second kappa shape index (κ2) is 7.94. The van der Waals surface area contributed by atoms with Gasteiger partial charge in [-0.1, -0.05) is 39.7 Å². The van der Waals surface area contributed by atoms with Gasteiger partial charge in [0.1, 0.15) is 0 Å². The molecule has 3 heterocycles. The van der Waals surface area contributed by atoms with Crippen molar-refractivity contribution in [2.75, 3.05) is 0 Å². The molecule has 31 heavy (non-hydrogen) atoms. The second-order valence-electron chi connectivity index (χ2n) is 7.52. The molecule has 2 aromatic heterocycles. The Labute approximate surface area is 193 Å². The summed E-state index contributed by atoms with van der Waals surface area (Å²) in [5, 5.41) is 8.13. The molecule has 1 amide bonds. The van der Waals surface area contributed by atoms with E-state index in [9.17, 15) is 4.79 Å². The molecule has 0 aliphatic carbocycles. The molecule has 7 heteroatoms. The maximum absolute atomic E-state index is 13.4. The third-order valence-electron chi connectivity index (χ3n) is 5.55. The number of carbonyl (C=O) groups excluding carboxylic acids is 1. The molecule has 0 saturated heterocycles. The molecule has 4 aromatic rings. The average Bonchev–Trinajstić information content (AvgIpc) is 3.36. The molecule has 0 spiro atoms. The SMILES string of the molecule is Cn1cc(C2CC(c3ccc(Cl)cc3)=NN2C(=O)c2cccnc2)c2cc(Br)ccc21. The van der Waals surface area contributed by atoms with Crippen molar-refractivity contribution in [1.82, 2.24) is 14.6 Å². The normalized spacial score (nSPS) is 16.0. The van der Waals surface area contributed by atoms with E-state index in [-0.39, 0.29) is 11.9 Å². The Morgan fingerprint density at radius 3 is 2.71 bits per heavy atom. The first-order chi connectivity index (χ1) is 15.0. The van der Waals surface area contributed by atoms with Crippen molar-refractivity contribution in [2.45, 2.75) is 12.5 Å². The van der Waals surface area contributed by atoms with E-state index in [4.69, 9.17) is 16.7 Å². The van der Waals surface area contributed by atoms with Crippen LogP contribution in [0.4, 0.5) is 0 Å². The largest absolute Gasteiger partial charge is 0.350 e. The highest BCUT2D eigenvalue weighted by atomic mass is 79.9. The molecule has 1 aliphatic rings. The van der Waals surface area contributed by atoms with Crippen LogP contribution in [0.3, 0.4) is 0 Å². The number of pyridine rings is 1. The number of rotatable bonds is 3. The van der Waals surface area contributed by atoms with Crippen molar-refractivity contribution < 1.29 is 4.79 Å². The Morgan fingerprint density at radius 1 is 1.16 bits per heavy atom. The lowest BCUT2D eigenvalue weighted by molar-refractivity contribution is 0.0711. The number of halogens is 2. The zero-order chi connectivity index (χ0) is 21.5. The first kappa shape index (κ1) is 20.0. The van der Waals surface area contributed by atoms with Crippen molar-refractivity contribution in [2.24, 2.45) is 12.1 Å². The number of amides is 1. The van der Waals surface area contributed by atoms with Crippen LogP contribution < -0.4 is 0 Å². The highest BCUT2D eigenvalue weighted by Crippen LogP contribution is 2.39. The number of aryl methyl sites for hydroxylation is 1. The van der Waals surface area contributed by atoms with E-state index in [1.807, 2.05) is 37.4 Å². The molecule has 154 valence electrons. The van der Waals surface area contributed by atoms with Gasteiger partial charge in [-0.2, -0.15) is 5.10 Å². The summed E-state index contributed by atoms with van der Waals surface area (Å²) in [4.78, 5) is 17.5. The molecule has 2 aromatic carbocycles. The summed E-state index contributed by atoms with van der Waals surface area (Å²) < 4.78 is 3.08. The van der Waals surface area contributed by atoms with E-state index in [0.717, 1.165) is 32.2 Å². The van der Waals surface area contributed by atoms with Crippen molar-refractivity contribution in [3.8, 4) is 0 Å². The molecule has 5 rings (SSSR count). The lowest BCUT2D eigenvalue weighted by Gasteiger charge is -2.21. The molecule has 5 nitrogen and oxygen atoms in total. The minimum atomic E-state index is -0.226. The second-order valence-corrected chi connectivity index (χ2v) is 8.87. The summed E-state index contributed by atoms with van der Waals surface area (Å²) in [6, 6.07) is 17.1. The molecule has 1 unspecified atom stereocenters. The predicted molar refractivity (Wildman–Crippen MR) is 126 cm³/mol. The van der Waals surface area contributed by atoms with Gasteiger partial charge in [-0.3, -0.25) is 9.78 Å². The number of hydrogen-bond donors (Lipinski definition) is 0. The van der Waals surface area contributed by atoms with E-state index in [1.165, 1.54) is 0 Å². The Morgan fingerprint density at radius 2 is 1.97 bits per heavy atom. The minimum Gasteiger partial charge on any atom is -0.350 e. The van der Waals surface area contributed by atoms with Crippen LogP contribution in [-0.4, -0.2) is 26.2 Å². The molecule has 1 aliphatic heterocycles. The Kier molecular flexibility index (Phi) is 5.12. The Balaban J connectivity index is 1.62. The lowest BCUT2D eigenvalue weighted by atomic mass is 9.97. The summed E-state index contributed by atoms with van der Waals surface area (Å²) in [6.07, 6.45) is 5.93. The van der Waals surface area contributed by atoms with Gasteiger partial charge in [0.25, 0.3) is 5.91 Å². The molecule has 0 N–H and O–H groups in total. The maximum Gasteiger partial charge on any atom is 0.276 e. The Bertz CT molecular complexity index is 1310. The molecular weight excluding hydrogens is 476 g/mol. The number of hydrazone groups is 1. The summed E-state index contributed by atoms with van der Waals surface area (Å²) >= 11 is 9.65. The third kappa shape index (κ3) is 3.66. The zero-order valence-electron chi connectivity index (χ0n) is 16.7. The number of hydrogen-bond acceptors (Lipinski definition) is 3. The zero-order valence-corrected chi connectivity index (χ0v) is 19.0. The molecule has 1 atom stereocenters. The smallest absolute Gasteiger partial charge is 0.276 e. The van der Waals surface area contributed by atoms with Gasteiger partial charge < -0.3 is 4.57 Å². The van der Waals surface area contributed by atoms with Crippen LogP contribution in [0.15, 0.2) is 82.8 Å².